The highest BCUT2D eigenvalue weighted by atomic mass is 32.2. The standard InChI is InChI=1S/C22H29NS.C3H8.C2H6/c1-18-8-10-20(11-9-18)19(2)12-15-23-16-13-22(14-17-23)24-21-6-4-3-5-7-21;1-3-2;1-2/h3-11,19,22H,12-17H2,1-2H3;3H2,1-2H3;1-2H3. The van der Waals surface area contributed by atoms with Gasteiger partial charge in [0.1, 0.15) is 0 Å². The van der Waals surface area contributed by atoms with E-state index in [1.54, 1.807) is 0 Å². The first-order chi connectivity index (χ1) is 14.1. The fraction of sp³-hybridized carbons (Fsp3) is 0.556. The molecule has 2 aromatic carbocycles. The first-order valence-electron chi connectivity index (χ1n) is 11.6. The van der Waals surface area contributed by atoms with E-state index in [1.807, 2.05) is 13.8 Å². The molecule has 3 rings (SSSR count). The summed E-state index contributed by atoms with van der Waals surface area (Å²) in [5, 5.41) is 0.790. The van der Waals surface area contributed by atoms with Crippen molar-refractivity contribution in [3.8, 4) is 0 Å². The molecule has 162 valence electrons. The number of aryl methyl sites for hydroxylation is 1. The van der Waals surface area contributed by atoms with Crippen molar-refractivity contribution in [3.05, 3.63) is 65.7 Å². The van der Waals surface area contributed by atoms with Crippen molar-refractivity contribution in [2.75, 3.05) is 19.6 Å². The number of thioether (sulfide) groups is 1. The van der Waals surface area contributed by atoms with Crippen LogP contribution in [0, 0.1) is 6.92 Å². The molecule has 1 aliphatic heterocycles. The van der Waals surface area contributed by atoms with E-state index in [9.17, 15) is 0 Å². The van der Waals surface area contributed by atoms with E-state index in [4.69, 9.17) is 0 Å². The predicted molar refractivity (Wildman–Crippen MR) is 133 cm³/mol. The van der Waals surface area contributed by atoms with Gasteiger partial charge in [-0.2, -0.15) is 0 Å². The fourth-order valence-corrected chi connectivity index (χ4v) is 4.53. The molecule has 2 aromatic rings. The third kappa shape index (κ3) is 10.4. The molecule has 29 heavy (non-hydrogen) atoms. The molecule has 0 aliphatic carbocycles. The Balaban J connectivity index is 0.000000771. The summed E-state index contributed by atoms with van der Waals surface area (Å²) in [4.78, 5) is 4.08. The molecule has 0 spiro atoms. The van der Waals surface area contributed by atoms with Crippen LogP contribution in [0.3, 0.4) is 0 Å². The SMILES string of the molecule is CC.CCC.Cc1ccc(C(C)CCN2CCC(Sc3ccccc3)CC2)cc1. The van der Waals surface area contributed by atoms with Crippen LogP contribution in [0.2, 0.25) is 0 Å². The van der Waals surface area contributed by atoms with Gasteiger partial charge in [0.25, 0.3) is 0 Å². The van der Waals surface area contributed by atoms with E-state index in [0.717, 1.165) is 5.25 Å². The Morgan fingerprint density at radius 1 is 0.931 bits per heavy atom. The second-order valence-corrected chi connectivity index (χ2v) is 9.15. The molecule has 1 fully saturated rings. The minimum Gasteiger partial charge on any atom is -0.303 e. The number of rotatable bonds is 6. The summed E-state index contributed by atoms with van der Waals surface area (Å²) in [6, 6.07) is 19.9. The summed E-state index contributed by atoms with van der Waals surface area (Å²) >= 11 is 2.06. The molecule has 1 nitrogen and oxygen atoms in total. The van der Waals surface area contributed by atoms with E-state index in [2.05, 4.69) is 99.0 Å². The number of likely N-dealkylation sites (tertiary alicyclic amines) is 1. The Morgan fingerprint density at radius 2 is 1.48 bits per heavy atom. The zero-order valence-corrected chi connectivity index (χ0v) is 20.5. The Labute approximate surface area is 185 Å². The van der Waals surface area contributed by atoms with Crippen LogP contribution in [0.15, 0.2) is 59.5 Å². The van der Waals surface area contributed by atoms with Crippen molar-refractivity contribution in [2.45, 2.75) is 83.3 Å². The Morgan fingerprint density at radius 3 is 2.03 bits per heavy atom. The van der Waals surface area contributed by atoms with Gasteiger partial charge in [0.15, 0.2) is 0 Å². The summed E-state index contributed by atoms with van der Waals surface area (Å²) < 4.78 is 0. The van der Waals surface area contributed by atoms with Crippen molar-refractivity contribution < 1.29 is 0 Å². The van der Waals surface area contributed by atoms with Crippen LogP contribution in [0.4, 0.5) is 0 Å². The van der Waals surface area contributed by atoms with E-state index >= 15 is 0 Å². The lowest BCUT2D eigenvalue weighted by molar-refractivity contribution is 0.226. The largest absolute Gasteiger partial charge is 0.303 e. The topological polar surface area (TPSA) is 3.24 Å². The van der Waals surface area contributed by atoms with Gasteiger partial charge in [-0.25, -0.2) is 0 Å². The summed E-state index contributed by atoms with van der Waals surface area (Å²) in [6.07, 6.45) is 5.15. The smallest absolute Gasteiger partial charge is 0.0119 e. The second kappa shape index (κ2) is 15.6. The number of nitrogens with zero attached hydrogens (tertiary/aromatic N) is 1. The highest BCUT2D eigenvalue weighted by Crippen LogP contribution is 2.30. The summed E-state index contributed by atoms with van der Waals surface area (Å²) in [7, 11) is 0. The van der Waals surface area contributed by atoms with Gasteiger partial charge < -0.3 is 4.90 Å². The highest BCUT2D eigenvalue weighted by Gasteiger charge is 2.20. The quantitative estimate of drug-likeness (QED) is 0.469. The molecular formula is C27H43NS. The maximum atomic E-state index is 2.66. The van der Waals surface area contributed by atoms with Crippen molar-refractivity contribution in [1.82, 2.24) is 4.90 Å². The van der Waals surface area contributed by atoms with Gasteiger partial charge in [0.05, 0.1) is 0 Å². The Kier molecular flexibility index (Phi) is 13.8. The van der Waals surface area contributed by atoms with Crippen LogP contribution in [-0.4, -0.2) is 29.8 Å². The summed E-state index contributed by atoms with van der Waals surface area (Å²) in [6.45, 7) is 16.5. The van der Waals surface area contributed by atoms with Crippen molar-refractivity contribution >= 4 is 11.8 Å². The number of hydrogen-bond donors (Lipinski definition) is 0. The Hall–Kier alpha value is -1.25. The monoisotopic (exact) mass is 413 g/mol. The lowest BCUT2D eigenvalue weighted by Crippen LogP contribution is -2.35. The zero-order valence-electron chi connectivity index (χ0n) is 19.7. The first-order valence-corrected chi connectivity index (χ1v) is 12.5. The molecule has 0 saturated carbocycles. The number of piperidine rings is 1. The molecule has 0 amide bonds. The minimum absolute atomic E-state index is 0.655. The van der Waals surface area contributed by atoms with Crippen LogP contribution in [-0.2, 0) is 0 Å². The average molecular weight is 414 g/mol. The molecular weight excluding hydrogens is 370 g/mol. The van der Waals surface area contributed by atoms with E-state index in [1.165, 1.54) is 61.3 Å². The number of hydrogen-bond acceptors (Lipinski definition) is 2. The number of benzene rings is 2. The first kappa shape index (κ1) is 25.8. The van der Waals surface area contributed by atoms with Gasteiger partial charge >= 0.3 is 0 Å². The molecule has 0 bridgehead atoms. The maximum Gasteiger partial charge on any atom is 0.0119 e. The molecule has 1 atom stereocenters. The van der Waals surface area contributed by atoms with Crippen LogP contribution in [0.25, 0.3) is 0 Å². The molecule has 1 unspecified atom stereocenters. The molecule has 2 heteroatoms. The van der Waals surface area contributed by atoms with Crippen LogP contribution in [0.5, 0.6) is 0 Å². The summed E-state index contributed by atoms with van der Waals surface area (Å²) in [5.41, 5.74) is 2.83. The van der Waals surface area contributed by atoms with E-state index < -0.39 is 0 Å². The van der Waals surface area contributed by atoms with Crippen LogP contribution in [0.1, 0.15) is 77.3 Å². The highest BCUT2D eigenvalue weighted by molar-refractivity contribution is 8.00. The zero-order chi connectivity index (χ0) is 21.5. The minimum atomic E-state index is 0.655. The van der Waals surface area contributed by atoms with Crippen LogP contribution >= 0.6 is 11.8 Å². The van der Waals surface area contributed by atoms with Crippen molar-refractivity contribution in [2.24, 2.45) is 0 Å². The van der Waals surface area contributed by atoms with Crippen LogP contribution < -0.4 is 0 Å². The van der Waals surface area contributed by atoms with E-state index in [0.29, 0.717) is 5.92 Å². The maximum absolute atomic E-state index is 2.66. The lowest BCUT2D eigenvalue weighted by Gasteiger charge is -2.32. The average Bonchev–Trinajstić information content (AvgIpc) is 2.76. The van der Waals surface area contributed by atoms with Gasteiger partial charge in [0.2, 0.25) is 0 Å². The predicted octanol–water partition coefficient (Wildman–Crippen LogP) is 8.19. The van der Waals surface area contributed by atoms with Gasteiger partial charge in [0, 0.05) is 10.1 Å². The molecule has 1 saturated heterocycles. The molecule has 0 radical (unpaired) electrons. The van der Waals surface area contributed by atoms with Crippen molar-refractivity contribution in [3.63, 3.8) is 0 Å². The lowest BCUT2D eigenvalue weighted by atomic mass is 9.96. The molecule has 0 N–H and O–H groups in total. The van der Waals surface area contributed by atoms with Crippen molar-refractivity contribution in [1.29, 1.82) is 0 Å². The summed E-state index contributed by atoms with van der Waals surface area (Å²) in [5.74, 6) is 0.655. The second-order valence-electron chi connectivity index (χ2n) is 7.78. The van der Waals surface area contributed by atoms with Gasteiger partial charge in [-0.3, -0.25) is 0 Å². The molecule has 1 heterocycles. The normalized spacial score (nSPS) is 15.5. The Bertz CT molecular complexity index is 615. The van der Waals surface area contributed by atoms with Gasteiger partial charge in [-0.15, -0.1) is 11.8 Å². The fourth-order valence-electron chi connectivity index (χ4n) is 3.38. The molecule has 0 aromatic heterocycles. The van der Waals surface area contributed by atoms with Gasteiger partial charge in [-0.05, 0) is 69.4 Å². The molecule has 1 aliphatic rings. The van der Waals surface area contributed by atoms with Gasteiger partial charge in [-0.1, -0.05) is 89.1 Å². The third-order valence-corrected chi connectivity index (χ3v) is 6.45. The third-order valence-electron chi connectivity index (χ3n) is 5.11. The van der Waals surface area contributed by atoms with E-state index in [-0.39, 0.29) is 0 Å².